The Morgan fingerprint density at radius 2 is 2.33 bits per heavy atom. The number of H-pyrrole nitrogens is 1. The number of aromatic amines is 1. The quantitative estimate of drug-likeness (QED) is 0.601. The van der Waals surface area contributed by atoms with Crippen molar-refractivity contribution in [3.63, 3.8) is 0 Å². The van der Waals surface area contributed by atoms with Crippen molar-refractivity contribution in [3.05, 3.63) is 22.8 Å². The van der Waals surface area contributed by atoms with Gasteiger partial charge in [0, 0.05) is 25.4 Å². The SMILES string of the molecule is Cn1nnc(Br)c1S(=O)(=O)NC(Cc1cnc[nH]1)C(=O)O. The van der Waals surface area contributed by atoms with Crippen LogP contribution in [0.15, 0.2) is 22.2 Å². The number of nitrogens with one attached hydrogen (secondary N) is 2. The molecule has 0 spiro atoms. The minimum absolute atomic E-state index is 0.00294. The number of carboxylic acid groups (broad SMARTS) is 1. The van der Waals surface area contributed by atoms with E-state index in [2.05, 4.69) is 40.9 Å². The predicted octanol–water partition coefficient (Wildman–Crippen LogP) is -0.725. The molecule has 0 amide bonds. The maximum absolute atomic E-state index is 12.2. The van der Waals surface area contributed by atoms with Crippen LogP contribution in [0.25, 0.3) is 0 Å². The van der Waals surface area contributed by atoms with Crippen LogP contribution in [0.3, 0.4) is 0 Å². The molecule has 10 nitrogen and oxygen atoms in total. The topological polar surface area (TPSA) is 143 Å². The van der Waals surface area contributed by atoms with Crippen molar-refractivity contribution in [3.8, 4) is 0 Å². The summed E-state index contributed by atoms with van der Waals surface area (Å²) in [6, 6.07) is -1.35. The first-order valence-electron chi connectivity index (χ1n) is 5.59. The number of sulfonamides is 1. The lowest BCUT2D eigenvalue weighted by Crippen LogP contribution is -2.43. The van der Waals surface area contributed by atoms with Crippen LogP contribution in [0.5, 0.6) is 0 Å². The first kappa shape index (κ1) is 15.6. The molecule has 0 aliphatic rings. The summed E-state index contributed by atoms with van der Waals surface area (Å²) >= 11 is 2.96. The van der Waals surface area contributed by atoms with Gasteiger partial charge in [0.05, 0.1) is 6.33 Å². The molecule has 12 heteroatoms. The van der Waals surface area contributed by atoms with E-state index in [1.807, 2.05) is 0 Å². The number of carboxylic acids is 1. The molecule has 3 N–H and O–H groups in total. The predicted molar refractivity (Wildman–Crippen MR) is 72.7 cm³/mol. The summed E-state index contributed by atoms with van der Waals surface area (Å²) in [5.74, 6) is -1.31. The van der Waals surface area contributed by atoms with Crippen LogP contribution in [0, 0.1) is 0 Å². The second-order valence-electron chi connectivity index (χ2n) is 4.10. The van der Waals surface area contributed by atoms with Crippen LogP contribution < -0.4 is 4.72 Å². The van der Waals surface area contributed by atoms with E-state index in [1.165, 1.54) is 19.6 Å². The zero-order chi connectivity index (χ0) is 15.6. The summed E-state index contributed by atoms with van der Waals surface area (Å²) in [7, 11) is -2.71. The second kappa shape index (κ2) is 5.91. The molecule has 0 aliphatic heterocycles. The molecular weight excluding hydrogens is 368 g/mol. The summed E-state index contributed by atoms with van der Waals surface area (Å²) in [5, 5.41) is 16.0. The summed E-state index contributed by atoms with van der Waals surface area (Å²) in [4.78, 5) is 17.7. The Morgan fingerprint density at radius 1 is 1.62 bits per heavy atom. The number of nitrogens with zero attached hydrogens (tertiary/aromatic N) is 4. The van der Waals surface area contributed by atoms with E-state index in [9.17, 15) is 13.2 Å². The molecule has 1 atom stereocenters. The largest absolute Gasteiger partial charge is 0.480 e. The van der Waals surface area contributed by atoms with Crippen LogP contribution in [0.4, 0.5) is 0 Å². The van der Waals surface area contributed by atoms with E-state index >= 15 is 0 Å². The van der Waals surface area contributed by atoms with Crippen LogP contribution in [0.1, 0.15) is 5.69 Å². The molecule has 2 aromatic rings. The lowest BCUT2D eigenvalue weighted by Gasteiger charge is -2.13. The van der Waals surface area contributed by atoms with Gasteiger partial charge in [0.15, 0.2) is 4.60 Å². The van der Waals surface area contributed by atoms with Gasteiger partial charge in [-0.3, -0.25) is 4.79 Å². The lowest BCUT2D eigenvalue weighted by atomic mass is 10.2. The van der Waals surface area contributed by atoms with E-state index in [0.717, 1.165) is 4.68 Å². The highest BCUT2D eigenvalue weighted by molar-refractivity contribution is 9.10. The van der Waals surface area contributed by atoms with Crippen molar-refractivity contribution >= 4 is 31.9 Å². The van der Waals surface area contributed by atoms with E-state index in [1.54, 1.807) is 0 Å². The van der Waals surface area contributed by atoms with E-state index in [-0.39, 0.29) is 16.0 Å². The van der Waals surface area contributed by atoms with Crippen molar-refractivity contribution in [2.24, 2.45) is 7.05 Å². The van der Waals surface area contributed by atoms with Gasteiger partial charge in [0.1, 0.15) is 6.04 Å². The number of hydrogen-bond acceptors (Lipinski definition) is 6. The highest BCUT2D eigenvalue weighted by Crippen LogP contribution is 2.18. The van der Waals surface area contributed by atoms with Crippen LogP contribution >= 0.6 is 15.9 Å². The summed E-state index contributed by atoms with van der Waals surface area (Å²) in [6.45, 7) is 0. The number of imidazole rings is 1. The first-order valence-corrected chi connectivity index (χ1v) is 7.86. The Kier molecular flexibility index (Phi) is 4.39. The summed E-state index contributed by atoms with van der Waals surface area (Å²) in [6.07, 6.45) is 2.73. The molecule has 1 unspecified atom stereocenters. The van der Waals surface area contributed by atoms with Crippen molar-refractivity contribution < 1.29 is 18.3 Å². The van der Waals surface area contributed by atoms with Gasteiger partial charge in [-0.1, -0.05) is 5.21 Å². The summed E-state index contributed by atoms with van der Waals surface area (Å²) < 4.78 is 27.6. The Bertz CT molecular complexity index is 721. The normalized spacial score (nSPS) is 13.2. The van der Waals surface area contributed by atoms with E-state index in [4.69, 9.17) is 5.11 Å². The molecule has 0 radical (unpaired) electrons. The van der Waals surface area contributed by atoms with Crippen LogP contribution in [-0.2, 0) is 28.3 Å². The Labute approximate surface area is 127 Å². The molecule has 0 saturated carbocycles. The number of carbonyl (C=O) groups is 1. The van der Waals surface area contributed by atoms with Crippen LogP contribution in [0.2, 0.25) is 0 Å². The Morgan fingerprint density at radius 3 is 2.81 bits per heavy atom. The smallest absolute Gasteiger partial charge is 0.322 e. The monoisotopic (exact) mass is 378 g/mol. The van der Waals surface area contributed by atoms with Crippen molar-refractivity contribution in [1.29, 1.82) is 0 Å². The average molecular weight is 379 g/mol. The molecule has 2 heterocycles. The van der Waals surface area contributed by atoms with Gasteiger partial charge in [-0.25, -0.2) is 18.1 Å². The number of halogens is 1. The molecule has 0 saturated heterocycles. The lowest BCUT2D eigenvalue weighted by molar-refractivity contribution is -0.138. The molecule has 2 rings (SSSR count). The van der Waals surface area contributed by atoms with Crippen molar-refractivity contribution in [2.75, 3.05) is 0 Å². The van der Waals surface area contributed by atoms with Gasteiger partial charge in [0.2, 0.25) is 5.03 Å². The molecule has 0 fully saturated rings. The first-order chi connectivity index (χ1) is 9.81. The number of rotatable bonds is 6. The molecule has 2 aromatic heterocycles. The molecule has 0 bridgehead atoms. The highest BCUT2D eigenvalue weighted by atomic mass is 79.9. The molecule has 0 aliphatic carbocycles. The fourth-order valence-corrected chi connectivity index (χ4v) is 3.93. The summed E-state index contributed by atoms with van der Waals surface area (Å²) in [5.41, 5.74) is 0.493. The number of aliphatic carboxylic acids is 1. The van der Waals surface area contributed by atoms with Gasteiger partial charge < -0.3 is 10.1 Å². The standard InChI is InChI=1S/C9H11BrN6O4S/c1-16-8(7(10)13-15-16)21(19,20)14-6(9(17)18)2-5-3-11-4-12-5/h3-4,6,14H,2H2,1H3,(H,11,12)(H,17,18). The van der Waals surface area contributed by atoms with Gasteiger partial charge in [-0.05, 0) is 15.9 Å². The van der Waals surface area contributed by atoms with Crippen molar-refractivity contribution in [1.82, 2.24) is 29.7 Å². The number of hydrogen-bond donors (Lipinski definition) is 3. The molecule has 114 valence electrons. The zero-order valence-corrected chi connectivity index (χ0v) is 13.1. The average Bonchev–Trinajstić information content (AvgIpc) is 2.98. The van der Waals surface area contributed by atoms with Gasteiger partial charge in [0.25, 0.3) is 10.0 Å². The number of aryl methyl sites for hydroxylation is 1. The third-order valence-electron chi connectivity index (χ3n) is 2.57. The fraction of sp³-hybridized carbons (Fsp3) is 0.333. The molecule has 0 aromatic carbocycles. The maximum atomic E-state index is 12.2. The third kappa shape index (κ3) is 3.46. The van der Waals surface area contributed by atoms with E-state index < -0.39 is 22.0 Å². The Hall–Kier alpha value is -1.79. The third-order valence-corrected chi connectivity index (χ3v) is 4.92. The highest BCUT2D eigenvalue weighted by Gasteiger charge is 2.30. The fourth-order valence-electron chi connectivity index (χ4n) is 1.65. The zero-order valence-electron chi connectivity index (χ0n) is 10.7. The number of aromatic nitrogens is 5. The van der Waals surface area contributed by atoms with Gasteiger partial charge >= 0.3 is 5.97 Å². The second-order valence-corrected chi connectivity index (χ2v) is 6.48. The van der Waals surface area contributed by atoms with Gasteiger partial charge in [-0.15, -0.1) is 5.10 Å². The molecule has 21 heavy (non-hydrogen) atoms. The van der Waals surface area contributed by atoms with E-state index in [0.29, 0.717) is 5.69 Å². The van der Waals surface area contributed by atoms with Gasteiger partial charge in [-0.2, -0.15) is 4.72 Å². The minimum Gasteiger partial charge on any atom is -0.480 e. The molecular formula is C9H11BrN6O4S. The van der Waals surface area contributed by atoms with Crippen molar-refractivity contribution in [2.45, 2.75) is 17.5 Å². The minimum atomic E-state index is -4.10. The van der Waals surface area contributed by atoms with Crippen LogP contribution in [-0.4, -0.2) is 50.5 Å². The Balaban J connectivity index is 2.26. The maximum Gasteiger partial charge on any atom is 0.322 e.